The van der Waals surface area contributed by atoms with Crippen LogP contribution in [0, 0.1) is 0 Å². The number of rotatable bonds is 16. The van der Waals surface area contributed by atoms with Crippen molar-refractivity contribution in [2.45, 2.75) is 44.0 Å². The van der Waals surface area contributed by atoms with Gasteiger partial charge < -0.3 is 51.4 Å². The predicted octanol–water partition coefficient (Wildman–Crippen LogP) is 0.905. The van der Waals surface area contributed by atoms with Gasteiger partial charge >= 0.3 is 5.97 Å². The molecule has 1 aliphatic carbocycles. The number of carboxylic acid groups (broad SMARTS) is 1. The van der Waals surface area contributed by atoms with E-state index in [4.69, 9.17) is 4.42 Å². The van der Waals surface area contributed by atoms with Gasteiger partial charge in [-0.15, -0.1) is 0 Å². The van der Waals surface area contributed by atoms with Gasteiger partial charge in [-0.05, 0) is 54.4 Å². The van der Waals surface area contributed by atoms with Crippen molar-refractivity contribution in [3.8, 4) is 28.2 Å². The van der Waals surface area contributed by atoms with Gasteiger partial charge in [-0.3, -0.25) is 28.8 Å². The van der Waals surface area contributed by atoms with Crippen LogP contribution >= 0.6 is 0 Å². The van der Waals surface area contributed by atoms with Crippen LogP contribution in [-0.4, -0.2) is 100 Å². The Bertz CT molecular complexity index is 2380. The lowest BCUT2D eigenvalue weighted by Gasteiger charge is -2.25. The topological polar surface area (TPSA) is 274 Å². The number of benzene rings is 4. The van der Waals surface area contributed by atoms with Crippen molar-refractivity contribution < 1.29 is 53.6 Å². The van der Waals surface area contributed by atoms with E-state index in [9.17, 15) is 54.0 Å². The van der Waals surface area contributed by atoms with E-state index in [0.717, 1.165) is 11.6 Å². The van der Waals surface area contributed by atoms with Crippen molar-refractivity contribution in [3.63, 3.8) is 0 Å². The molecule has 5 amide bonds. The molecule has 4 atom stereocenters. The van der Waals surface area contributed by atoms with Crippen molar-refractivity contribution in [2.75, 3.05) is 20.2 Å². The van der Waals surface area contributed by atoms with Gasteiger partial charge in [0.2, 0.25) is 23.6 Å². The van der Waals surface area contributed by atoms with Crippen molar-refractivity contribution in [1.29, 1.82) is 0 Å². The summed E-state index contributed by atoms with van der Waals surface area (Å²) in [5.41, 5.74) is 1.24. The first kappa shape index (κ1) is 42.0. The second-order valence-corrected chi connectivity index (χ2v) is 13.3. The first-order chi connectivity index (χ1) is 27.7. The fraction of sp³-hybridized carbons (Fsp3) is 0.244. The van der Waals surface area contributed by atoms with Crippen LogP contribution in [0.1, 0.15) is 39.6 Å². The third kappa shape index (κ3) is 10.00. The first-order valence-corrected chi connectivity index (χ1v) is 18.0. The molecular weight excluding hydrogens is 754 g/mol. The van der Waals surface area contributed by atoms with E-state index >= 15 is 0 Å². The molecule has 1 aliphatic heterocycles. The monoisotopic (exact) mass is 795 g/mol. The fourth-order valence-electron chi connectivity index (χ4n) is 6.23. The van der Waals surface area contributed by atoms with E-state index in [0.29, 0.717) is 16.5 Å². The van der Waals surface area contributed by atoms with E-state index in [2.05, 4.69) is 26.6 Å². The van der Waals surface area contributed by atoms with E-state index in [1.165, 1.54) is 62.5 Å². The molecule has 0 saturated carbocycles. The summed E-state index contributed by atoms with van der Waals surface area (Å²) in [5.74, 6) is -5.27. The second-order valence-electron chi connectivity index (χ2n) is 13.3. The lowest BCUT2D eigenvalue weighted by Crippen LogP contribution is -2.60. The highest BCUT2D eigenvalue weighted by molar-refractivity contribution is 6.09. The molecule has 1 unspecified atom stereocenters. The number of amides is 5. The van der Waals surface area contributed by atoms with Gasteiger partial charge in [0, 0.05) is 60.6 Å². The number of hydrogen-bond acceptors (Lipinski definition) is 11. The molecule has 0 saturated heterocycles. The molecule has 302 valence electrons. The zero-order valence-corrected chi connectivity index (χ0v) is 31.3. The zero-order valence-electron chi connectivity index (χ0n) is 31.3. The average Bonchev–Trinajstić information content (AvgIpc) is 3.20. The molecule has 3 aromatic rings. The highest BCUT2D eigenvalue weighted by Crippen LogP contribution is 2.42. The molecule has 3 aromatic carbocycles. The van der Waals surface area contributed by atoms with Gasteiger partial charge in [0.25, 0.3) is 5.91 Å². The van der Waals surface area contributed by atoms with Crippen LogP contribution in [0.4, 0.5) is 0 Å². The number of hydrogen-bond donors (Lipinski definition) is 9. The molecule has 58 heavy (non-hydrogen) atoms. The van der Waals surface area contributed by atoms with Crippen LogP contribution < -0.4 is 32.0 Å². The summed E-state index contributed by atoms with van der Waals surface area (Å²) in [4.78, 5) is 89.3. The molecule has 17 heteroatoms. The number of likely N-dealkylation sites (N-methyl/N-ethyl adjacent to an activating group) is 1. The number of nitrogens with one attached hydrogen (secondary N) is 5. The smallest absolute Gasteiger partial charge is 0.336 e. The van der Waals surface area contributed by atoms with Crippen LogP contribution in [0.5, 0.6) is 5.75 Å². The summed E-state index contributed by atoms with van der Waals surface area (Å²) in [6, 6.07) is 16.9. The molecule has 0 aromatic heterocycles. The number of aliphatic hydroxyl groups is 2. The van der Waals surface area contributed by atoms with E-state index in [1.807, 2.05) is 0 Å². The first-order valence-electron chi connectivity index (χ1n) is 18.0. The molecule has 17 nitrogen and oxygen atoms in total. The predicted molar refractivity (Wildman–Crippen MR) is 209 cm³/mol. The minimum absolute atomic E-state index is 0.0627. The molecule has 0 fully saturated rings. The summed E-state index contributed by atoms with van der Waals surface area (Å²) in [5, 5.41) is 53.0. The minimum Gasteiger partial charge on any atom is -0.508 e. The van der Waals surface area contributed by atoms with Crippen LogP contribution in [0.3, 0.4) is 0 Å². The van der Waals surface area contributed by atoms with E-state index in [1.54, 1.807) is 30.3 Å². The number of phenolic OH excluding ortho intramolecular Hbond substituents is 1. The molecule has 9 N–H and O–H groups in total. The van der Waals surface area contributed by atoms with Crippen LogP contribution in [0.15, 0.2) is 94.1 Å². The summed E-state index contributed by atoms with van der Waals surface area (Å²) < 4.78 is 5.84. The third-order valence-electron chi connectivity index (χ3n) is 9.15. The molecule has 2 aliphatic rings. The number of carboxylic acids is 1. The molecule has 0 bridgehead atoms. The summed E-state index contributed by atoms with van der Waals surface area (Å²) in [7, 11) is 1.39. The number of aliphatic hydroxyl groups excluding tert-OH is 2. The highest BCUT2D eigenvalue weighted by atomic mass is 16.4. The van der Waals surface area contributed by atoms with Crippen molar-refractivity contribution in [2.24, 2.45) is 0 Å². The van der Waals surface area contributed by atoms with Crippen LogP contribution in [0.25, 0.3) is 33.4 Å². The van der Waals surface area contributed by atoms with E-state index < -0.39 is 66.3 Å². The number of carbonyl (C=O) groups excluding carboxylic acids is 5. The van der Waals surface area contributed by atoms with Crippen molar-refractivity contribution in [3.05, 3.63) is 112 Å². The number of aromatic hydroxyl groups is 1. The van der Waals surface area contributed by atoms with Crippen LogP contribution in [-0.2, 0) is 25.6 Å². The Balaban J connectivity index is 1.23. The molecule has 0 radical (unpaired) electrons. The average molecular weight is 796 g/mol. The van der Waals surface area contributed by atoms with Crippen molar-refractivity contribution in [1.82, 2.24) is 26.6 Å². The van der Waals surface area contributed by atoms with Crippen LogP contribution in [0.2, 0.25) is 0 Å². The standard InChI is InChI=1S/C41H41N5O12/c1-21(48)36(40(55)45-31(20-47)39(54)44-30(38(53)42-2)16-22-6-4-3-5-7-22)46-34(51)14-15-43-37(52)23-8-11-26(29(17-23)41(56)57)35-27-12-9-24(49)18-32(27)58-33-19-25(50)10-13-28(33)35/h3-13,17-19,21,30-31,36,47-49H,14-16,20H2,1-2H3,(H,42,53)(H,43,52)(H,44,54)(H,45,55)(H,46,51)(H,56,57)/t21?,30-,31-,36-/m0/s1. The largest absolute Gasteiger partial charge is 0.508 e. The fourth-order valence-corrected chi connectivity index (χ4v) is 6.23. The Morgan fingerprint density at radius 2 is 1.50 bits per heavy atom. The lowest BCUT2D eigenvalue weighted by atomic mass is 9.90. The SMILES string of the molecule is CNC(=O)[C@H](Cc1ccccc1)NC(=O)[C@H](CO)NC(=O)[C@@H](NC(=O)CCNC(=O)c1ccc(-c2c3ccc(=O)cc-3oc3cc(O)ccc23)c(C(=O)O)c1)C(C)O. The number of fused-ring (bicyclic) bond motifs is 2. The highest BCUT2D eigenvalue weighted by Gasteiger charge is 2.31. The maximum absolute atomic E-state index is 13.1. The molecule has 5 rings (SSSR count). The molecular formula is C41H41N5O12. The van der Waals surface area contributed by atoms with Gasteiger partial charge in [-0.1, -0.05) is 36.4 Å². The Labute approximate surface area is 330 Å². The molecule has 1 heterocycles. The van der Waals surface area contributed by atoms with Crippen molar-refractivity contribution >= 4 is 46.5 Å². The quantitative estimate of drug-likeness (QED) is 0.0631. The Morgan fingerprint density at radius 1 is 0.793 bits per heavy atom. The normalized spacial score (nSPS) is 13.1. The second kappa shape index (κ2) is 18.7. The zero-order chi connectivity index (χ0) is 42.1. The maximum atomic E-state index is 13.1. The molecule has 0 spiro atoms. The van der Waals surface area contributed by atoms with Gasteiger partial charge in [0.05, 0.1) is 18.3 Å². The Morgan fingerprint density at radius 3 is 2.17 bits per heavy atom. The lowest BCUT2D eigenvalue weighted by molar-refractivity contribution is -0.135. The van der Waals surface area contributed by atoms with Gasteiger partial charge in [0.15, 0.2) is 5.43 Å². The Kier molecular flexibility index (Phi) is 13.5. The van der Waals surface area contributed by atoms with E-state index in [-0.39, 0.29) is 58.6 Å². The van der Waals surface area contributed by atoms with Gasteiger partial charge in [-0.25, -0.2) is 4.79 Å². The van der Waals surface area contributed by atoms with Gasteiger partial charge in [0.1, 0.15) is 35.2 Å². The Hall–Kier alpha value is -7.11. The summed E-state index contributed by atoms with van der Waals surface area (Å²) in [6.45, 7) is 0.0668. The summed E-state index contributed by atoms with van der Waals surface area (Å²) >= 11 is 0. The number of carbonyl (C=O) groups is 6. The number of phenols is 1. The third-order valence-corrected chi connectivity index (χ3v) is 9.15. The minimum atomic E-state index is -1.59. The van der Waals surface area contributed by atoms with Gasteiger partial charge in [-0.2, -0.15) is 0 Å². The summed E-state index contributed by atoms with van der Waals surface area (Å²) in [6.07, 6.45) is -1.74. The maximum Gasteiger partial charge on any atom is 0.336 e. The number of aromatic carboxylic acids is 1.